The fraction of sp³-hybridized carbons (Fsp3) is 1.00. The van der Waals surface area contributed by atoms with E-state index in [9.17, 15) is 0 Å². The van der Waals surface area contributed by atoms with Gasteiger partial charge >= 0.3 is 0 Å². The van der Waals surface area contributed by atoms with Gasteiger partial charge in [-0.25, -0.2) is 0 Å². The lowest BCUT2D eigenvalue weighted by Gasteiger charge is -2.25. The van der Waals surface area contributed by atoms with Gasteiger partial charge in [0.05, 0.1) is 0 Å². The first-order chi connectivity index (χ1) is 4.69. The lowest BCUT2D eigenvalue weighted by atomic mass is 9.80. The molecule has 4 aliphatic rings. The molecule has 0 radical (unpaired) electrons. The van der Waals surface area contributed by atoms with Gasteiger partial charge in [-0.3, -0.25) is 0 Å². The second-order valence-corrected chi connectivity index (χ2v) is 5.67. The number of fused-ring (bicyclic) bond motifs is 2. The lowest BCUT2D eigenvalue weighted by molar-refractivity contribution is 0.235. The first kappa shape index (κ1) is 4.79. The highest BCUT2D eigenvalue weighted by molar-refractivity contribution is 5.40. The third-order valence-corrected chi connectivity index (χ3v) is 5.21. The van der Waals surface area contributed by atoms with Crippen LogP contribution in [0.5, 0.6) is 0 Å². The fourth-order valence-corrected chi connectivity index (χ4v) is 4.66. The van der Waals surface area contributed by atoms with Gasteiger partial charge < -0.3 is 0 Å². The van der Waals surface area contributed by atoms with Crippen molar-refractivity contribution >= 4 is 0 Å². The molecule has 0 heterocycles. The molecule has 0 aromatic heterocycles. The highest BCUT2D eigenvalue weighted by atomic mass is 15.0. The zero-order valence-electron chi connectivity index (χ0n) is 6.72. The van der Waals surface area contributed by atoms with Crippen LogP contribution in [0.25, 0.3) is 0 Å². The van der Waals surface area contributed by atoms with Crippen molar-refractivity contribution in [1.82, 2.24) is 0 Å². The van der Waals surface area contributed by atoms with E-state index in [1.807, 2.05) is 0 Å². The van der Waals surface area contributed by atoms with Crippen molar-refractivity contribution in [3.63, 3.8) is 0 Å². The molecule has 0 bridgehead atoms. The smallest absolute Gasteiger partial charge is 0.0195 e. The quantitative estimate of drug-likeness (QED) is 0.477. The van der Waals surface area contributed by atoms with Crippen LogP contribution in [0, 0.1) is 34.5 Å². The third kappa shape index (κ3) is 0.233. The van der Waals surface area contributed by atoms with Crippen LogP contribution >= 0.6 is 0 Å². The van der Waals surface area contributed by atoms with Crippen LogP contribution < -0.4 is 0 Å². The summed E-state index contributed by atoms with van der Waals surface area (Å²) in [6.45, 7) is 5.03. The largest absolute Gasteiger partial charge is 0.0593 e. The summed E-state index contributed by atoms with van der Waals surface area (Å²) < 4.78 is 0. The first-order valence-electron chi connectivity index (χ1n) is 4.69. The van der Waals surface area contributed by atoms with Crippen LogP contribution in [0.15, 0.2) is 0 Å². The van der Waals surface area contributed by atoms with Gasteiger partial charge in [-0.1, -0.05) is 13.8 Å². The van der Waals surface area contributed by atoms with Crippen molar-refractivity contribution in [2.75, 3.05) is 0 Å². The number of hydrogen-bond donors (Lipinski definition) is 0. The molecule has 0 nitrogen and oxygen atoms in total. The molecule has 4 aliphatic carbocycles. The van der Waals surface area contributed by atoms with Gasteiger partial charge in [0.1, 0.15) is 0 Å². The van der Waals surface area contributed by atoms with Crippen molar-refractivity contribution < 1.29 is 0 Å². The van der Waals surface area contributed by atoms with Crippen molar-refractivity contribution in [3.8, 4) is 0 Å². The van der Waals surface area contributed by atoms with Gasteiger partial charge in [0, 0.05) is 0 Å². The molecule has 0 aromatic carbocycles. The van der Waals surface area contributed by atoms with Crippen LogP contribution in [0.4, 0.5) is 0 Å². The van der Waals surface area contributed by atoms with Crippen molar-refractivity contribution in [3.05, 3.63) is 0 Å². The highest BCUT2D eigenvalue weighted by Gasteiger charge is 2.93. The van der Waals surface area contributed by atoms with Crippen LogP contribution in [-0.4, -0.2) is 0 Å². The zero-order valence-corrected chi connectivity index (χ0v) is 6.72. The van der Waals surface area contributed by atoms with Crippen LogP contribution in [0.3, 0.4) is 0 Å². The SMILES string of the molecule is CC1(C)C2CC2C23CC2C13. The number of rotatable bonds is 0. The van der Waals surface area contributed by atoms with E-state index in [0.717, 1.165) is 16.7 Å². The second kappa shape index (κ2) is 0.852. The summed E-state index contributed by atoms with van der Waals surface area (Å²) in [5, 5.41) is 0. The maximum Gasteiger partial charge on any atom is -0.0195 e. The topological polar surface area (TPSA) is 0 Å². The standard InChI is InChI=1S/C10H14/c1-9(2)5-3-6(5)10-4-7(10)8(9)10/h5-8H,3-4H2,1-2H3. The molecule has 10 heavy (non-hydrogen) atoms. The maximum atomic E-state index is 2.52. The van der Waals surface area contributed by atoms with E-state index < -0.39 is 0 Å². The summed E-state index contributed by atoms with van der Waals surface area (Å²) in [4.78, 5) is 0. The Balaban J connectivity index is 1.92. The van der Waals surface area contributed by atoms with E-state index in [2.05, 4.69) is 13.8 Å². The summed E-state index contributed by atoms with van der Waals surface area (Å²) in [6.07, 6.45) is 3.22. The fourth-order valence-electron chi connectivity index (χ4n) is 4.66. The van der Waals surface area contributed by atoms with E-state index in [-0.39, 0.29) is 0 Å². The molecule has 1 spiro atoms. The van der Waals surface area contributed by atoms with Gasteiger partial charge in [-0.05, 0) is 47.3 Å². The van der Waals surface area contributed by atoms with Gasteiger partial charge in [-0.15, -0.1) is 0 Å². The predicted molar refractivity (Wildman–Crippen MR) is 39.4 cm³/mol. The molecule has 0 N–H and O–H groups in total. The molecular weight excluding hydrogens is 120 g/mol. The summed E-state index contributed by atoms with van der Waals surface area (Å²) >= 11 is 0. The molecular formula is C10H14. The first-order valence-corrected chi connectivity index (χ1v) is 4.69. The Bertz CT molecular complexity index is 238. The Morgan fingerprint density at radius 1 is 1.10 bits per heavy atom. The van der Waals surface area contributed by atoms with E-state index >= 15 is 0 Å². The summed E-state index contributed by atoms with van der Waals surface area (Å²) in [6, 6.07) is 0. The molecule has 54 valence electrons. The molecule has 5 atom stereocenters. The van der Waals surface area contributed by atoms with E-state index in [0.29, 0.717) is 0 Å². The van der Waals surface area contributed by atoms with Crippen molar-refractivity contribution in [2.45, 2.75) is 26.7 Å². The van der Waals surface area contributed by atoms with Crippen molar-refractivity contribution in [1.29, 1.82) is 0 Å². The Morgan fingerprint density at radius 2 is 1.90 bits per heavy atom. The molecule has 4 saturated carbocycles. The Kier molecular flexibility index (Phi) is 0.408. The minimum atomic E-state index is 0.771. The average molecular weight is 134 g/mol. The number of hydrogen-bond acceptors (Lipinski definition) is 0. The van der Waals surface area contributed by atoms with Gasteiger partial charge in [0.25, 0.3) is 0 Å². The monoisotopic (exact) mass is 134 g/mol. The summed E-state index contributed by atoms with van der Waals surface area (Å²) in [5.74, 6) is 4.81. The van der Waals surface area contributed by atoms with E-state index in [1.54, 1.807) is 12.8 Å². The third-order valence-electron chi connectivity index (χ3n) is 5.21. The molecule has 0 saturated heterocycles. The highest BCUT2D eigenvalue weighted by Crippen LogP contribution is 2.98. The van der Waals surface area contributed by atoms with Crippen LogP contribution in [0.1, 0.15) is 26.7 Å². The van der Waals surface area contributed by atoms with Gasteiger partial charge in [0.15, 0.2) is 0 Å². The second-order valence-electron chi connectivity index (χ2n) is 5.67. The molecule has 4 fully saturated rings. The minimum absolute atomic E-state index is 0.771. The minimum Gasteiger partial charge on any atom is -0.0593 e. The van der Waals surface area contributed by atoms with Gasteiger partial charge in [0.2, 0.25) is 0 Å². The van der Waals surface area contributed by atoms with Crippen LogP contribution in [-0.2, 0) is 0 Å². The van der Waals surface area contributed by atoms with Crippen LogP contribution in [0.2, 0.25) is 0 Å². The van der Waals surface area contributed by atoms with Crippen molar-refractivity contribution in [2.24, 2.45) is 34.5 Å². The zero-order chi connectivity index (χ0) is 6.72. The Hall–Kier alpha value is 0. The Labute approximate surface area is 62.0 Å². The normalized spacial score (nSPS) is 77.4. The van der Waals surface area contributed by atoms with E-state index in [1.165, 1.54) is 17.8 Å². The molecule has 0 amide bonds. The molecule has 0 heteroatoms. The predicted octanol–water partition coefficient (Wildman–Crippen LogP) is 2.30. The molecule has 0 aliphatic heterocycles. The Morgan fingerprint density at radius 3 is 2.30 bits per heavy atom. The summed E-state index contributed by atoms with van der Waals surface area (Å²) in [5.41, 5.74) is 1.77. The average Bonchev–Trinajstić information content (AvgIpc) is 2.53. The van der Waals surface area contributed by atoms with E-state index in [4.69, 9.17) is 0 Å². The molecule has 5 unspecified atom stereocenters. The van der Waals surface area contributed by atoms with Gasteiger partial charge in [-0.2, -0.15) is 0 Å². The molecule has 0 aromatic rings. The summed E-state index contributed by atoms with van der Waals surface area (Å²) in [7, 11) is 0. The lowest BCUT2D eigenvalue weighted by Crippen LogP contribution is -2.18. The molecule has 4 rings (SSSR count). The maximum absolute atomic E-state index is 2.52.